The van der Waals surface area contributed by atoms with Crippen molar-refractivity contribution in [3.05, 3.63) is 12.3 Å². The largest absolute Gasteiger partial charge is 0.396 e. The van der Waals surface area contributed by atoms with Crippen LogP contribution in [0, 0.1) is 0 Å². The Bertz CT molecular complexity index is 339. The van der Waals surface area contributed by atoms with Crippen molar-refractivity contribution in [1.29, 1.82) is 0 Å². The van der Waals surface area contributed by atoms with Gasteiger partial charge in [-0.25, -0.2) is 9.97 Å². The summed E-state index contributed by atoms with van der Waals surface area (Å²) in [5, 5.41) is 0. The van der Waals surface area contributed by atoms with Crippen molar-refractivity contribution in [3.8, 4) is 0 Å². The molecule has 1 rings (SSSR count). The van der Waals surface area contributed by atoms with Crippen LogP contribution in [-0.4, -0.2) is 26.3 Å². The van der Waals surface area contributed by atoms with E-state index < -0.39 is 16.3 Å². The number of hydrogen-bond donors (Lipinski definition) is 1. The summed E-state index contributed by atoms with van der Waals surface area (Å²) in [6, 6.07) is 1.96. The Morgan fingerprint density at radius 3 is 2.13 bits per heavy atom. The fraction of sp³-hybridized carbons (Fsp3) is 0.600. The minimum atomic E-state index is -1.39. The van der Waals surface area contributed by atoms with Gasteiger partial charge in [0.2, 0.25) is 0 Å². The van der Waals surface area contributed by atoms with E-state index in [4.69, 9.17) is 0 Å². The third-order valence-electron chi connectivity index (χ3n) is 1.83. The molecule has 1 heterocycles. The third kappa shape index (κ3) is 4.13. The molecule has 0 saturated carbocycles. The molecular formula is C10H21N3Si2. The van der Waals surface area contributed by atoms with Crippen molar-refractivity contribution in [3.63, 3.8) is 0 Å². The van der Waals surface area contributed by atoms with Gasteiger partial charge in [-0.1, -0.05) is 39.3 Å². The second-order valence-electron chi connectivity index (χ2n) is 5.89. The van der Waals surface area contributed by atoms with Gasteiger partial charge >= 0.3 is 0 Å². The lowest BCUT2D eigenvalue weighted by atomic mass is 10.6. The van der Waals surface area contributed by atoms with E-state index in [0.29, 0.717) is 0 Å². The van der Waals surface area contributed by atoms with Gasteiger partial charge in [0.1, 0.15) is 27.6 Å². The zero-order chi connectivity index (χ0) is 11.7. The van der Waals surface area contributed by atoms with E-state index in [1.807, 2.05) is 12.3 Å². The van der Waals surface area contributed by atoms with Crippen LogP contribution >= 0.6 is 0 Å². The van der Waals surface area contributed by atoms with Gasteiger partial charge in [0.25, 0.3) is 0 Å². The highest BCUT2D eigenvalue weighted by molar-refractivity contribution is 6.87. The molecule has 0 unspecified atom stereocenters. The maximum Gasteiger partial charge on any atom is 0.145 e. The van der Waals surface area contributed by atoms with E-state index in [1.54, 1.807) is 0 Å². The Labute approximate surface area is 94.5 Å². The number of hydrogen-bond acceptors (Lipinski definition) is 3. The zero-order valence-electron chi connectivity index (χ0n) is 10.5. The summed E-state index contributed by atoms with van der Waals surface area (Å²) in [6.45, 7) is 13.6. The Morgan fingerprint density at radius 1 is 1.07 bits per heavy atom. The molecule has 3 nitrogen and oxygen atoms in total. The molecule has 0 aromatic carbocycles. The summed E-state index contributed by atoms with van der Waals surface area (Å²) in [7, 11) is -2.69. The average molecular weight is 239 g/mol. The molecule has 0 aliphatic heterocycles. The van der Waals surface area contributed by atoms with E-state index >= 15 is 0 Å². The molecule has 0 aliphatic carbocycles. The van der Waals surface area contributed by atoms with Crippen LogP contribution in [0.3, 0.4) is 0 Å². The number of anilines is 1. The Balaban J connectivity index is 2.94. The monoisotopic (exact) mass is 239 g/mol. The summed E-state index contributed by atoms with van der Waals surface area (Å²) in [5.74, 6) is 0.988. The molecule has 1 aromatic rings. The molecule has 0 aliphatic rings. The fourth-order valence-corrected chi connectivity index (χ4v) is 3.00. The highest BCUT2D eigenvalue weighted by Gasteiger charge is 2.21. The maximum absolute atomic E-state index is 4.60. The van der Waals surface area contributed by atoms with Crippen LogP contribution in [0.5, 0.6) is 0 Å². The topological polar surface area (TPSA) is 37.8 Å². The summed E-state index contributed by atoms with van der Waals surface area (Å²) in [4.78, 5) is 12.5. The predicted octanol–water partition coefficient (Wildman–Crippen LogP) is 2.27. The molecular weight excluding hydrogens is 218 g/mol. The molecule has 0 radical (unpaired) electrons. The third-order valence-corrected chi connectivity index (χ3v) is 4.42. The van der Waals surface area contributed by atoms with Gasteiger partial charge in [-0.2, -0.15) is 0 Å². The van der Waals surface area contributed by atoms with Gasteiger partial charge in [0, 0.05) is 6.20 Å². The lowest BCUT2D eigenvalue weighted by Crippen LogP contribution is -2.43. The molecule has 0 atom stereocenters. The highest BCUT2D eigenvalue weighted by Crippen LogP contribution is 2.08. The molecule has 1 N–H and O–H groups in total. The number of rotatable bonds is 3. The smallest absolute Gasteiger partial charge is 0.145 e. The summed E-state index contributed by atoms with van der Waals surface area (Å²) in [5.41, 5.74) is 1.03. The van der Waals surface area contributed by atoms with Crippen molar-refractivity contribution in [1.82, 2.24) is 9.97 Å². The van der Waals surface area contributed by atoms with E-state index in [2.05, 4.69) is 54.2 Å². The molecule has 15 heavy (non-hydrogen) atoms. The van der Waals surface area contributed by atoms with Crippen molar-refractivity contribution in [2.75, 3.05) is 4.98 Å². The quantitative estimate of drug-likeness (QED) is 0.822. The molecule has 0 spiro atoms. The van der Waals surface area contributed by atoms with E-state index in [0.717, 1.165) is 11.3 Å². The van der Waals surface area contributed by atoms with Gasteiger partial charge in [-0.3, -0.25) is 0 Å². The molecule has 84 valence electrons. The number of nitrogens with one attached hydrogen (secondary N) is 1. The average Bonchev–Trinajstić information content (AvgIpc) is 1.99. The predicted molar refractivity (Wildman–Crippen MR) is 72.0 cm³/mol. The van der Waals surface area contributed by atoms with Crippen molar-refractivity contribution >= 4 is 27.6 Å². The van der Waals surface area contributed by atoms with Crippen LogP contribution < -0.4 is 10.4 Å². The summed E-state index contributed by atoms with van der Waals surface area (Å²) < 4.78 is 0. The molecule has 0 fully saturated rings. The molecule has 1 aromatic heterocycles. The highest BCUT2D eigenvalue weighted by atomic mass is 28.3. The molecule has 0 amide bonds. The van der Waals surface area contributed by atoms with Gasteiger partial charge in [0.05, 0.1) is 0 Å². The van der Waals surface area contributed by atoms with Crippen LogP contribution in [0.15, 0.2) is 12.3 Å². The van der Waals surface area contributed by atoms with Crippen LogP contribution in [0.4, 0.5) is 5.82 Å². The zero-order valence-corrected chi connectivity index (χ0v) is 12.5. The second-order valence-corrected chi connectivity index (χ2v) is 15.6. The first-order chi connectivity index (χ1) is 6.68. The van der Waals surface area contributed by atoms with Gasteiger partial charge in [-0.15, -0.1) is 0 Å². The van der Waals surface area contributed by atoms with Crippen molar-refractivity contribution in [2.24, 2.45) is 0 Å². The Hall–Kier alpha value is -0.686. The lowest BCUT2D eigenvalue weighted by Gasteiger charge is -2.20. The first-order valence-corrected chi connectivity index (χ1v) is 12.3. The Morgan fingerprint density at radius 2 is 1.67 bits per heavy atom. The van der Waals surface area contributed by atoms with Gasteiger partial charge < -0.3 is 4.98 Å². The van der Waals surface area contributed by atoms with Crippen molar-refractivity contribution in [2.45, 2.75) is 39.3 Å². The van der Waals surface area contributed by atoms with Crippen LogP contribution in [0.2, 0.25) is 39.3 Å². The fourth-order valence-electron chi connectivity index (χ4n) is 1.17. The molecule has 5 heteroatoms. The molecule has 0 bridgehead atoms. The summed E-state index contributed by atoms with van der Waals surface area (Å²) in [6.07, 6.45) is 1.86. The Kier molecular flexibility index (Phi) is 3.35. The second kappa shape index (κ2) is 4.05. The van der Waals surface area contributed by atoms with E-state index in [1.165, 1.54) is 0 Å². The normalized spacial score (nSPS) is 12.7. The minimum absolute atomic E-state index is 0.988. The van der Waals surface area contributed by atoms with Crippen molar-refractivity contribution < 1.29 is 0 Å². The van der Waals surface area contributed by atoms with Crippen LogP contribution in [0.1, 0.15) is 0 Å². The van der Waals surface area contributed by atoms with Crippen LogP contribution in [-0.2, 0) is 0 Å². The van der Waals surface area contributed by atoms with E-state index in [-0.39, 0.29) is 0 Å². The minimum Gasteiger partial charge on any atom is -0.396 e. The SMILES string of the molecule is C[Si](C)(C)Nc1ccnc([Si](C)(C)C)n1. The van der Waals surface area contributed by atoms with Crippen LogP contribution in [0.25, 0.3) is 0 Å². The number of nitrogens with zero attached hydrogens (tertiary/aromatic N) is 2. The van der Waals surface area contributed by atoms with Gasteiger partial charge in [0.15, 0.2) is 0 Å². The first-order valence-electron chi connectivity index (χ1n) is 5.30. The maximum atomic E-state index is 4.60. The first kappa shape index (κ1) is 12.4. The lowest BCUT2D eigenvalue weighted by molar-refractivity contribution is 1.21. The standard InChI is InChI=1S/C10H21N3Si2/c1-14(2,3)10-11-8-7-9(12-10)13-15(4,5)6/h7-8H,1-6H3,(H,11,12,13). The summed E-state index contributed by atoms with van der Waals surface area (Å²) >= 11 is 0. The van der Waals surface area contributed by atoms with Gasteiger partial charge in [-0.05, 0) is 6.07 Å². The molecule has 0 saturated heterocycles. The van der Waals surface area contributed by atoms with E-state index in [9.17, 15) is 0 Å². The number of aromatic nitrogens is 2.